The first kappa shape index (κ1) is 14.3. The molecule has 1 aromatic rings. The van der Waals surface area contributed by atoms with E-state index in [9.17, 15) is 14.0 Å². The quantitative estimate of drug-likeness (QED) is 0.791. The molecule has 1 heterocycles. The molecule has 2 rings (SSSR count). The average molecular weight is 281 g/mol. The third-order valence-corrected chi connectivity index (χ3v) is 2.98. The van der Waals surface area contributed by atoms with E-state index in [4.69, 9.17) is 10.5 Å². The second-order valence-corrected chi connectivity index (χ2v) is 4.46. The van der Waals surface area contributed by atoms with Gasteiger partial charge in [-0.05, 0) is 18.2 Å². The van der Waals surface area contributed by atoms with Gasteiger partial charge in [0.1, 0.15) is 12.4 Å². The summed E-state index contributed by atoms with van der Waals surface area (Å²) in [6, 6.07) is 3.76. The van der Waals surface area contributed by atoms with Gasteiger partial charge in [0.2, 0.25) is 11.8 Å². The molecule has 20 heavy (non-hydrogen) atoms. The van der Waals surface area contributed by atoms with Crippen LogP contribution in [0.15, 0.2) is 18.2 Å². The molecule has 108 valence electrons. The number of amides is 2. The molecule has 7 heteroatoms. The summed E-state index contributed by atoms with van der Waals surface area (Å²) in [6.45, 7) is 1.37. The number of halogens is 1. The number of carbonyl (C=O) groups is 2. The number of nitrogen functional groups attached to an aromatic ring is 1. The molecule has 0 aliphatic carbocycles. The van der Waals surface area contributed by atoms with Crippen LogP contribution in [0, 0.1) is 5.82 Å². The van der Waals surface area contributed by atoms with E-state index in [-0.39, 0.29) is 30.5 Å². The number of carbonyl (C=O) groups excluding carboxylic acids is 2. The normalized spacial score (nSPS) is 15.2. The van der Waals surface area contributed by atoms with Crippen molar-refractivity contribution >= 4 is 23.2 Å². The summed E-state index contributed by atoms with van der Waals surface area (Å²) in [7, 11) is 0. The highest BCUT2D eigenvalue weighted by Gasteiger charge is 2.19. The van der Waals surface area contributed by atoms with E-state index in [0.717, 1.165) is 6.07 Å². The van der Waals surface area contributed by atoms with Gasteiger partial charge in [-0.25, -0.2) is 4.39 Å². The van der Waals surface area contributed by atoms with Gasteiger partial charge in [-0.2, -0.15) is 0 Å². The predicted octanol–water partition coefficient (Wildman–Crippen LogP) is 0.595. The number of nitrogens with one attached hydrogen (secondary N) is 1. The lowest BCUT2D eigenvalue weighted by atomic mass is 10.2. The SMILES string of the molecule is Nc1cc(F)ccc1NC(=O)CCN1CCOCC1=O. The van der Waals surface area contributed by atoms with Gasteiger partial charge in [-0.3, -0.25) is 9.59 Å². The molecule has 1 aliphatic rings. The first-order chi connectivity index (χ1) is 9.56. The molecule has 2 amide bonds. The van der Waals surface area contributed by atoms with Gasteiger partial charge in [0, 0.05) is 19.5 Å². The van der Waals surface area contributed by atoms with E-state index in [2.05, 4.69) is 5.32 Å². The Kier molecular flexibility index (Phi) is 4.52. The fourth-order valence-corrected chi connectivity index (χ4v) is 1.88. The molecule has 1 aromatic carbocycles. The van der Waals surface area contributed by atoms with Crippen LogP contribution in [0.2, 0.25) is 0 Å². The highest BCUT2D eigenvalue weighted by Crippen LogP contribution is 2.19. The van der Waals surface area contributed by atoms with Gasteiger partial charge in [0.25, 0.3) is 0 Å². The van der Waals surface area contributed by atoms with E-state index in [1.807, 2.05) is 0 Å². The van der Waals surface area contributed by atoms with Crippen LogP contribution in [-0.4, -0.2) is 43.0 Å². The Morgan fingerprint density at radius 1 is 1.50 bits per heavy atom. The Morgan fingerprint density at radius 3 is 3.00 bits per heavy atom. The van der Waals surface area contributed by atoms with Gasteiger partial charge < -0.3 is 20.7 Å². The van der Waals surface area contributed by atoms with Crippen molar-refractivity contribution in [2.24, 2.45) is 0 Å². The van der Waals surface area contributed by atoms with Crippen molar-refractivity contribution in [3.05, 3.63) is 24.0 Å². The topological polar surface area (TPSA) is 84.7 Å². The van der Waals surface area contributed by atoms with Crippen LogP contribution < -0.4 is 11.1 Å². The number of hydrogen-bond donors (Lipinski definition) is 2. The molecular formula is C13H16FN3O3. The molecule has 1 aliphatic heterocycles. The summed E-state index contributed by atoms with van der Waals surface area (Å²) < 4.78 is 17.9. The fraction of sp³-hybridized carbons (Fsp3) is 0.385. The Balaban J connectivity index is 1.84. The van der Waals surface area contributed by atoms with E-state index >= 15 is 0 Å². The summed E-state index contributed by atoms with van der Waals surface area (Å²) in [4.78, 5) is 24.8. The highest BCUT2D eigenvalue weighted by atomic mass is 19.1. The molecule has 6 nitrogen and oxygen atoms in total. The Labute approximate surface area is 115 Å². The molecule has 0 bridgehead atoms. The number of benzene rings is 1. The number of rotatable bonds is 4. The Hall–Kier alpha value is -2.15. The smallest absolute Gasteiger partial charge is 0.248 e. The van der Waals surface area contributed by atoms with Gasteiger partial charge in [0.05, 0.1) is 18.0 Å². The largest absolute Gasteiger partial charge is 0.397 e. The van der Waals surface area contributed by atoms with Crippen molar-refractivity contribution < 1.29 is 18.7 Å². The molecule has 0 aromatic heterocycles. The lowest BCUT2D eigenvalue weighted by molar-refractivity contribution is -0.142. The lowest BCUT2D eigenvalue weighted by Crippen LogP contribution is -2.42. The maximum atomic E-state index is 12.9. The molecule has 0 atom stereocenters. The summed E-state index contributed by atoms with van der Waals surface area (Å²) >= 11 is 0. The maximum absolute atomic E-state index is 12.9. The van der Waals surface area contributed by atoms with Crippen molar-refractivity contribution in [1.29, 1.82) is 0 Å². The zero-order valence-corrected chi connectivity index (χ0v) is 10.9. The van der Waals surface area contributed by atoms with Crippen LogP contribution in [0.3, 0.4) is 0 Å². The second-order valence-electron chi connectivity index (χ2n) is 4.46. The summed E-state index contributed by atoms with van der Waals surface area (Å²) in [6.07, 6.45) is 0.155. The summed E-state index contributed by atoms with van der Waals surface area (Å²) in [5, 5.41) is 2.59. The molecule has 0 spiro atoms. The predicted molar refractivity (Wildman–Crippen MR) is 71.5 cm³/mol. The molecule has 1 saturated heterocycles. The molecular weight excluding hydrogens is 265 g/mol. The number of ether oxygens (including phenoxy) is 1. The van der Waals surface area contributed by atoms with Crippen LogP contribution in [0.25, 0.3) is 0 Å². The first-order valence-electron chi connectivity index (χ1n) is 6.26. The maximum Gasteiger partial charge on any atom is 0.248 e. The number of morpholine rings is 1. The van der Waals surface area contributed by atoms with Crippen molar-refractivity contribution in [3.63, 3.8) is 0 Å². The van der Waals surface area contributed by atoms with Gasteiger partial charge in [-0.15, -0.1) is 0 Å². The third kappa shape index (κ3) is 3.67. The minimum Gasteiger partial charge on any atom is -0.397 e. The van der Waals surface area contributed by atoms with Crippen LogP contribution in [0.5, 0.6) is 0 Å². The number of hydrogen-bond acceptors (Lipinski definition) is 4. The van der Waals surface area contributed by atoms with Gasteiger partial charge in [-0.1, -0.05) is 0 Å². The zero-order valence-electron chi connectivity index (χ0n) is 10.9. The fourth-order valence-electron chi connectivity index (χ4n) is 1.88. The number of anilines is 2. The monoisotopic (exact) mass is 281 g/mol. The molecule has 0 unspecified atom stereocenters. The van der Waals surface area contributed by atoms with Gasteiger partial charge >= 0.3 is 0 Å². The van der Waals surface area contributed by atoms with Crippen LogP contribution in [0.4, 0.5) is 15.8 Å². The van der Waals surface area contributed by atoms with Crippen LogP contribution in [-0.2, 0) is 14.3 Å². The molecule has 0 radical (unpaired) electrons. The van der Waals surface area contributed by atoms with Gasteiger partial charge in [0.15, 0.2) is 0 Å². The standard InChI is InChI=1S/C13H16FN3O3/c14-9-1-2-11(10(15)7-9)16-12(18)3-4-17-5-6-20-8-13(17)19/h1-2,7H,3-6,8,15H2,(H,16,18). The Bertz CT molecular complexity index is 522. The molecule has 1 fully saturated rings. The van der Waals surface area contributed by atoms with Crippen molar-refractivity contribution in [3.8, 4) is 0 Å². The minimum atomic E-state index is -0.459. The summed E-state index contributed by atoms with van der Waals surface area (Å²) in [5.74, 6) is -0.854. The molecule has 3 N–H and O–H groups in total. The van der Waals surface area contributed by atoms with Crippen molar-refractivity contribution in [2.45, 2.75) is 6.42 Å². The van der Waals surface area contributed by atoms with Crippen LogP contribution >= 0.6 is 0 Å². The number of nitrogens with two attached hydrogens (primary N) is 1. The highest BCUT2D eigenvalue weighted by molar-refractivity contribution is 5.94. The first-order valence-corrected chi connectivity index (χ1v) is 6.26. The van der Waals surface area contributed by atoms with Crippen LogP contribution in [0.1, 0.15) is 6.42 Å². The van der Waals surface area contributed by atoms with E-state index in [0.29, 0.717) is 25.4 Å². The van der Waals surface area contributed by atoms with E-state index in [1.54, 1.807) is 4.90 Å². The van der Waals surface area contributed by atoms with E-state index in [1.165, 1.54) is 12.1 Å². The summed E-state index contributed by atoms with van der Waals surface area (Å²) in [5.41, 5.74) is 6.13. The minimum absolute atomic E-state index is 0.0620. The average Bonchev–Trinajstić information content (AvgIpc) is 2.41. The van der Waals surface area contributed by atoms with Crippen molar-refractivity contribution in [1.82, 2.24) is 4.90 Å². The zero-order chi connectivity index (χ0) is 14.5. The Morgan fingerprint density at radius 2 is 2.30 bits per heavy atom. The number of nitrogens with zero attached hydrogens (tertiary/aromatic N) is 1. The lowest BCUT2D eigenvalue weighted by Gasteiger charge is -2.26. The molecule has 0 saturated carbocycles. The second kappa shape index (κ2) is 6.33. The van der Waals surface area contributed by atoms with Crippen molar-refractivity contribution in [2.75, 3.05) is 37.4 Å². The third-order valence-electron chi connectivity index (χ3n) is 2.98. The van der Waals surface area contributed by atoms with E-state index < -0.39 is 5.82 Å².